The second-order valence-electron chi connectivity index (χ2n) is 4.93. The minimum absolute atomic E-state index is 0.241. The summed E-state index contributed by atoms with van der Waals surface area (Å²) in [6.07, 6.45) is 4.47. The van der Waals surface area contributed by atoms with E-state index in [1.54, 1.807) is 17.6 Å². The van der Waals surface area contributed by atoms with E-state index in [2.05, 4.69) is 10.3 Å². The van der Waals surface area contributed by atoms with Crippen molar-refractivity contribution in [1.29, 1.82) is 0 Å². The molecule has 2 rings (SSSR count). The Balaban J connectivity index is 2.44. The summed E-state index contributed by atoms with van der Waals surface area (Å²) in [6, 6.07) is 0. The van der Waals surface area contributed by atoms with E-state index in [0.29, 0.717) is 23.9 Å². The number of thiazole rings is 1. The summed E-state index contributed by atoms with van der Waals surface area (Å²) in [7, 11) is -1.92. The first-order valence-corrected chi connectivity index (χ1v) is 9.50. The Labute approximate surface area is 129 Å². The molecule has 0 radical (unpaired) electrons. The summed E-state index contributed by atoms with van der Waals surface area (Å²) >= 11 is 1.43. The molecule has 0 aromatic carbocycles. The first kappa shape index (κ1) is 16.3. The lowest BCUT2D eigenvalue weighted by Crippen LogP contribution is -2.29. The highest BCUT2D eigenvalue weighted by Crippen LogP contribution is 2.27. The first-order chi connectivity index (χ1) is 10.0. The van der Waals surface area contributed by atoms with E-state index in [4.69, 9.17) is 0 Å². The van der Waals surface area contributed by atoms with Gasteiger partial charge in [0.25, 0.3) is 10.0 Å². The standard InChI is InChI=1S/C13H22N4O2S2/c1-4-6-8-16(3)21(18,19)12-11(14-7-5-2)15-13-17(12)9-10-20-13/h9-10,14H,4-8H2,1-3H3. The van der Waals surface area contributed by atoms with Gasteiger partial charge in [0, 0.05) is 31.7 Å². The third kappa shape index (κ3) is 3.22. The van der Waals surface area contributed by atoms with Gasteiger partial charge in [0.2, 0.25) is 0 Å². The Hall–Kier alpha value is -1.12. The molecule has 6 nitrogen and oxygen atoms in total. The first-order valence-electron chi connectivity index (χ1n) is 7.18. The highest BCUT2D eigenvalue weighted by molar-refractivity contribution is 7.89. The fourth-order valence-corrected chi connectivity index (χ4v) is 4.21. The minimum Gasteiger partial charge on any atom is -0.368 e. The van der Waals surface area contributed by atoms with Crippen LogP contribution in [0.1, 0.15) is 33.1 Å². The summed E-state index contributed by atoms with van der Waals surface area (Å²) in [5.74, 6) is 0.451. The topological polar surface area (TPSA) is 66.7 Å². The molecule has 8 heteroatoms. The van der Waals surface area contributed by atoms with Crippen LogP contribution in [0, 0.1) is 0 Å². The van der Waals surface area contributed by atoms with Crippen LogP contribution in [0.5, 0.6) is 0 Å². The molecule has 0 saturated heterocycles. The maximum Gasteiger partial charge on any atom is 0.262 e. The van der Waals surface area contributed by atoms with Crippen molar-refractivity contribution in [3.05, 3.63) is 11.6 Å². The summed E-state index contributed by atoms with van der Waals surface area (Å²) in [4.78, 5) is 5.09. The molecular formula is C13H22N4O2S2. The summed E-state index contributed by atoms with van der Waals surface area (Å²) in [5.41, 5.74) is 0. The number of hydrogen-bond donors (Lipinski definition) is 1. The Kier molecular flexibility index (Phi) is 5.23. The summed E-state index contributed by atoms with van der Waals surface area (Å²) < 4.78 is 28.7. The number of imidazole rings is 1. The molecule has 0 aliphatic heterocycles. The normalized spacial score (nSPS) is 12.4. The van der Waals surface area contributed by atoms with Crippen molar-refractivity contribution in [3.8, 4) is 0 Å². The van der Waals surface area contributed by atoms with Gasteiger partial charge >= 0.3 is 0 Å². The van der Waals surface area contributed by atoms with Gasteiger partial charge in [-0.3, -0.25) is 4.40 Å². The van der Waals surface area contributed by atoms with Crippen molar-refractivity contribution >= 4 is 32.1 Å². The van der Waals surface area contributed by atoms with Crippen LogP contribution >= 0.6 is 11.3 Å². The van der Waals surface area contributed by atoms with Crippen LogP contribution in [0.3, 0.4) is 0 Å². The van der Waals surface area contributed by atoms with Crippen molar-refractivity contribution in [2.45, 2.75) is 38.1 Å². The number of aromatic nitrogens is 2. The lowest BCUT2D eigenvalue weighted by molar-refractivity contribution is 0.456. The molecule has 21 heavy (non-hydrogen) atoms. The van der Waals surface area contributed by atoms with Crippen LogP contribution in [0.2, 0.25) is 0 Å². The second kappa shape index (κ2) is 6.76. The highest BCUT2D eigenvalue weighted by Gasteiger charge is 2.29. The van der Waals surface area contributed by atoms with E-state index in [-0.39, 0.29) is 5.03 Å². The molecule has 0 amide bonds. The fourth-order valence-electron chi connectivity index (χ4n) is 2.02. The Morgan fingerprint density at radius 2 is 2.14 bits per heavy atom. The molecule has 118 valence electrons. The van der Waals surface area contributed by atoms with Crippen LogP contribution in [-0.2, 0) is 10.0 Å². The molecule has 0 bridgehead atoms. The molecule has 0 spiro atoms. The van der Waals surface area contributed by atoms with Crippen molar-refractivity contribution in [3.63, 3.8) is 0 Å². The quantitative estimate of drug-likeness (QED) is 0.808. The van der Waals surface area contributed by atoms with Crippen LogP contribution in [-0.4, -0.2) is 42.2 Å². The Morgan fingerprint density at radius 1 is 1.38 bits per heavy atom. The van der Waals surface area contributed by atoms with Gasteiger partial charge in [-0.1, -0.05) is 20.3 Å². The van der Waals surface area contributed by atoms with Crippen molar-refractivity contribution in [2.24, 2.45) is 0 Å². The average Bonchev–Trinajstić information content (AvgIpc) is 3.01. The fraction of sp³-hybridized carbons (Fsp3) is 0.615. The molecular weight excluding hydrogens is 308 g/mol. The molecule has 2 heterocycles. The summed E-state index contributed by atoms with van der Waals surface area (Å²) in [6.45, 7) is 5.30. The van der Waals surface area contributed by atoms with E-state index in [9.17, 15) is 8.42 Å². The number of unbranched alkanes of at least 4 members (excludes halogenated alkanes) is 1. The zero-order valence-corrected chi connectivity index (χ0v) is 14.3. The van der Waals surface area contributed by atoms with Gasteiger partial charge in [-0.05, 0) is 12.8 Å². The monoisotopic (exact) mass is 330 g/mol. The molecule has 1 N–H and O–H groups in total. The Morgan fingerprint density at radius 3 is 2.81 bits per heavy atom. The van der Waals surface area contributed by atoms with Crippen molar-refractivity contribution < 1.29 is 8.42 Å². The molecule has 0 saturated carbocycles. The maximum absolute atomic E-state index is 12.8. The second-order valence-corrected chi connectivity index (χ2v) is 7.76. The van der Waals surface area contributed by atoms with Gasteiger partial charge in [-0.2, -0.15) is 4.31 Å². The van der Waals surface area contributed by atoms with Crippen LogP contribution in [0.15, 0.2) is 16.6 Å². The number of anilines is 1. The SMILES string of the molecule is CCCCN(C)S(=O)(=O)c1c(NCCC)nc2sccn12. The van der Waals surface area contributed by atoms with E-state index in [1.165, 1.54) is 15.6 Å². The van der Waals surface area contributed by atoms with Crippen LogP contribution < -0.4 is 5.32 Å². The molecule has 0 aliphatic rings. The lowest BCUT2D eigenvalue weighted by atomic mass is 10.3. The Bertz CT molecular complexity index is 690. The van der Waals surface area contributed by atoms with Crippen molar-refractivity contribution in [1.82, 2.24) is 13.7 Å². The number of fused-ring (bicyclic) bond motifs is 1. The van der Waals surface area contributed by atoms with E-state index in [0.717, 1.165) is 19.3 Å². The van der Waals surface area contributed by atoms with Gasteiger partial charge < -0.3 is 5.32 Å². The van der Waals surface area contributed by atoms with E-state index in [1.807, 2.05) is 19.2 Å². The highest BCUT2D eigenvalue weighted by atomic mass is 32.2. The van der Waals surface area contributed by atoms with Gasteiger partial charge in [0.15, 0.2) is 15.8 Å². The third-order valence-electron chi connectivity index (χ3n) is 3.24. The van der Waals surface area contributed by atoms with Gasteiger partial charge in [0.1, 0.15) is 0 Å². The van der Waals surface area contributed by atoms with Gasteiger partial charge in [-0.15, -0.1) is 11.3 Å². The maximum atomic E-state index is 12.8. The van der Waals surface area contributed by atoms with Crippen LogP contribution in [0.4, 0.5) is 5.82 Å². The average molecular weight is 330 g/mol. The zero-order valence-electron chi connectivity index (χ0n) is 12.7. The summed E-state index contributed by atoms with van der Waals surface area (Å²) in [5, 5.41) is 5.21. The molecule has 0 unspecified atom stereocenters. The van der Waals surface area contributed by atoms with Gasteiger partial charge in [-0.25, -0.2) is 13.4 Å². The zero-order chi connectivity index (χ0) is 15.5. The third-order valence-corrected chi connectivity index (χ3v) is 5.88. The number of rotatable bonds is 8. The lowest BCUT2D eigenvalue weighted by Gasteiger charge is -2.17. The molecule has 0 fully saturated rings. The van der Waals surface area contributed by atoms with Crippen molar-refractivity contribution in [2.75, 3.05) is 25.5 Å². The van der Waals surface area contributed by atoms with E-state index < -0.39 is 10.0 Å². The predicted molar refractivity (Wildman–Crippen MR) is 86.6 cm³/mol. The molecule has 2 aromatic heterocycles. The number of sulfonamides is 1. The van der Waals surface area contributed by atoms with E-state index >= 15 is 0 Å². The predicted octanol–water partition coefficient (Wildman–Crippen LogP) is 2.64. The number of hydrogen-bond acceptors (Lipinski definition) is 5. The molecule has 0 atom stereocenters. The molecule has 0 aliphatic carbocycles. The van der Waals surface area contributed by atoms with Gasteiger partial charge in [0.05, 0.1) is 0 Å². The number of nitrogens with zero attached hydrogens (tertiary/aromatic N) is 3. The molecule has 2 aromatic rings. The number of nitrogens with one attached hydrogen (secondary N) is 1. The smallest absolute Gasteiger partial charge is 0.262 e. The van der Waals surface area contributed by atoms with Crippen LogP contribution in [0.25, 0.3) is 4.96 Å². The minimum atomic E-state index is -3.55. The largest absolute Gasteiger partial charge is 0.368 e.